The minimum absolute atomic E-state index is 0.186. The van der Waals surface area contributed by atoms with Gasteiger partial charge >= 0.3 is 0 Å². The molecule has 1 atom stereocenters. The molecule has 186 valence electrons. The summed E-state index contributed by atoms with van der Waals surface area (Å²) < 4.78 is 12.9. The summed E-state index contributed by atoms with van der Waals surface area (Å²) in [6.07, 6.45) is 18.5. The summed E-state index contributed by atoms with van der Waals surface area (Å²) >= 11 is 0. The van der Waals surface area contributed by atoms with Crippen LogP contribution in [0.5, 0.6) is 5.75 Å². The van der Waals surface area contributed by atoms with Crippen molar-refractivity contribution in [3.8, 4) is 5.75 Å². The lowest BCUT2D eigenvalue weighted by Crippen LogP contribution is -2.11. The van der Waals surface area contributed by atoms with E-state index in [1.165, 1.54) is 70.3 Å². The average molecular weight is 484 g/mol. The summed E-state index contributed by atoms with van der Waals surface area (Å²) in [6.45, 7) is 2.26. The molecule has 2 aromatic carbocycles. The molecule has 0 heterocycles. The van der Waals surface area contributed by atoms with Crippen LogP contribution in [0.3, 0.4) is 0 Å². The third-order valence-electron chi connectivity index (χ3n) is 5.89. The molecule has 2 N–H and O–H groups in total. The minimum atomic E-state index is -1.14. The highest BCUT2D eigenvalue weighted by Gasteiger charge is 2.11. The third-order valence-corrected chi connectivity index (χ3v) is 7.40. The first-order valence-electron chi connectivity index (χ1n) is 12.9. The summed E-state index contributed by atoms with van der Waals surface area (Å²) in [5.41, 5.74) is 1.41. The number of nitrogens with one attached hydrogen (secondary N) is 1. The highest BCUT2D eigenvalue weighted by atomic mass is 32.2. The number of aromatic hydroxyl groups is 1. The van der Waals surface area contributed by atoms with Gasteiger partial charge in [0, 0.05) is 11.8 Å². The molecule has 0 saturated carbocycles. The van der Waals surface area contributed by atoms with Crippen LogP contribution in [0.25, 0.3) is 6.08 Å². The number of unbranched alkanes of at least 4 members (excludes halogenated alkanes) is 11. The van der Waals surface area contributed by atoms with Crippen LogP contribution >= 0.6 is 0 Å². The van der Waals surface area contributed by atoms with Gasteiger partial charge in [0.2, 0.25) is 5.91 Å². The fourth-order valence-electron chi connectivity index (χ4n) is 3.88. The molecule has 0 aromatic heterocycles. The number of phenols is 1. The summed E-state index contributed by atoms with van der Waals surface area (Å²) in [6, 6.07) is 13.9. The fourth-order valence-corrected chi connectivity index (χ4v) is 5.17. The summed E-state index contributed by atoms with van der Waals surface area (Å²) in [4.78, 5) is 13.0. The monoisotopic (exact) mass is 483 g/mol. The molecule has 0 fully saturated rings. The van der Waals surface area contributed by atoms with Gasteiger partial charge in [0.15, 0.2) is 0 Å². The Balaban J connectivity index is 1.66. The molecule has 0 aliphatic carbocycles. The lowest BCUT2D eigenvalue weighted by atomic mass is 10.1. The highest BCUT2D eigenvalue weighted by molar-refractivity contribution is 7.85. The van der Waals surface area contributed by atoms with Gasteiger partial charge in [0.05, 0.1) is 21.4 Å². The second-order valence-electron chi connectivity index (χ2n) is 8.85. The van der Waals surface area contributed by atoms with Gasteiger partial charge in [-0.15, -0.1) is 0 Å². The Morgan fingerprint density at radius 1 is 0.824 bits per heavy atom. The topological polar surface area (TPSA) is 66.4 Å². The number of amides is 1. The first kappa shape index (κ1) is 27.8. The lowest BCUT2D eigenvalue weighted by molar-refractivity contribution is -0.111. The first-order valence-corrected chi connectivity index (χ1v) is 14.2. The number of carbonyl (C=O) groups is 1. The second-order valence-corrected chi connectivity index (χ2v) is 10.4. The first-order chi connectivity index (χ1) is 16.6. The van der Waals surface area contributed by atoms with Crippen molar-refractivity contribution in [2.75, 3.05) is 11.1 Å². The molecule has 1 unspecified atom stereocenters. The Labute approximate surface area is 208 Å². The van der Waals surface area contributed by atoms with Crippen molar-refractivity contribution in [3.05, 3.63) is 60.2 Å². The average Bonchev–Trinajstić information content (AvgIpc) is 2.84. The zero-order valence-electron chi connectivity index (χ0n) is 20.6. The van der Waals surface area contributed by atoms with Gasteiger partial charge in [0.25, 0.3) is 0 Å². The van der Waals surface area contributed by atoms with Gasteiger partial charge in [-0.25, -0.2) is 0 Å². The summed E-state index contributed by atoms with van der Waals surface area (Å²) in [5.74, 6) is 0.530. The molecule has 34 heavy (non-hydrogen) atoms. The maximum absolute atomic E-state index is 12.9. The van der Waals surface area contributed by atoms with E-state index in [0.29, 0.717) is 16.3 Å². The van der Waals surface area contributed by atoms with Crippen molar-refractivity contribution in [1.82, 2.24) is 0 Å². The Kier molecular flexibility index (Phi) is 14.0. The maximum atomic E-state index is 12.9. The molecule has 0 radical (unpaired) electrons. The van der Waals surface area contributed by atoms with E-state index in [4.69, 9.17) is 0 Å². The molecule has 0 bridgehead atoms. The van der Waals surface area contributed by atoms with Crippen LogP contribution in [0.2, 0.25) is 0 Å². The predicted molar refractivity (Wildman–Crippen MR) is 145 cm³/mol. The zero-order valence-corrected chi connectivity index (χ0v) is 21.5. The number of rotatable bonds is 17. The molecule has 2 aromatic rings. The van der Waals surface area contributed by atoms with E-state index >= 15 is 0 Å². The molecule has 0 saturated heterocycles. The van der Waals surface area contributed by atoms with Crippen molar-refractivity contribution in [3.63, 3.8) is 0 Å². The molecular weight excluding hydrogens is 442 g/mol. The number of anilines is 1. The summed E-state index contributed by atoms with van der Waals surface area (Å²) in [5, 5.41) is 12.2. The van der Waals surface area contributed by atoms with Crippen molar-refractivity contribution in [1.29, 1.82) is 0 Å². The highest BCUT2D eigenvalue weighted by Crippen LogP contribution is 2.21. The fraction of sp³-hybridized carbons (Fsp3) is 0.483. The van der Waals surface area contributed by atoms with Crippen LogP contribution in [0.1, 0.15) is 89.5 Å². The van der Waals surface area contributed by atoms with Gasteiger partial charge in [-0.2, -0.15) is 0 Å². The number of benzene rings is 2. The third kappa shape index (κ3) is 11.6. The maximum Gasteiger partial charge on any atom is 0.248 e. The van der Waals surface area contributed by atoms with Crippen molar-refractivity contribution < 1.29 is 14.1 Å². The molecule has 0 spiro atoms. The standard InChI is InChI=1S/C29H41NO3S/c1-2-3-4-5-6-7-8-9-10-11-12-15-24-34(33)28-17-14-13-16-27(28)30-29(32)23-20-25-18-21-26(31)22-19-25/h13-14,16-23,31H,2-12,15,24H2,1H3,(H,30,32)/b23-20+. The van der Waals surface area contributed by atoms with Gasteiger partial charge in [-0.3, -0.25) is 9.00 Å². The molecular formula is C29H41NO3S. The SMILES string of the molecule is CCCCCCCCCCCCCCS(=O)c1ccccc1NC(=O)/C=C/c1ccc(O)cc1. The van der Waals surface area contributed by atoms with E-state index in [1.54, 1.807) is 36.4 Å². The Hall–Kier alpha value is -2.40. The minimum Gasteiger partial charge on any atom is -0.508 e. The van der Waals surface area contributed by atoms with E-state index in [0.717, 1.165) is 18.4 Å². The van der Waals surface area contributed by atoms with E-state index in [1.807, 2.05) is 18.2 Å². The Bertz CT molecular complexity index is 893. The van der Waals surface area contributed by atoms with Crippen LogP contribution < -0.4 is 5.32 Å². The molecule has 0 aliphatic heterocycles. The number of hydrogen-bond acceptors (Lipinski definition) is 3. The zero-order chi connectivity index (χ0) is 24.4. The van der Waals surface area contributed by atoms with Crippen molar-refractivity contribution >= 4 is 28.5 Å². The van der Waals surface area contributed by atoms with Crippen LogP contribution in [-0.2, 0) is 15.6 Å². The Morgan fingerprint density at radius 2 is 1.38 bits per heavy atom. The molecule has 4 nitrogen and oxygen atoms in total. The van der Waals surface area contributed by atoms with Crippen LogP contribution in [0, 0.1) is 0 Å². The number of para-hydroxylation sites is 1. The number of hydrogen-bond donors (Lipinski definition) is 2. The Morgan fingerprint density at radius 3 is 2.00 bits per heavy atom. The number of carbonyl (C=O) groups excluding carboxylic acids is 1. The van der Waals surface area contributed by atoms with Gasteiger partial charge < -0.3 is 10.4 Å². The van der Waals surface area contributed by atoms with E-state index in [9.17, 15) is 14.1 Å². The normalized spacial score (nSPS) is 12.1. The second kappa shape index (κ2) is 17.1. The summed E-state index contributed by atoms with van der Waals surface area (Å²) in [7, 11) is -1.14. The van der Waals surface area contributed by atoms with Gasteiger partial charge in [-0.1, -0.05) is 102 Å². The molecule has 1 amide bonds. The smallest absolute Gasteiger partial charge is 0.248 e. The van der Waals surface area contributed by atoms with Crippen molar-refractivity contribution in [2.45, 2.75) is 88.9 Å². The van der Waals surface area contributed by atoms with Gasteiger partial charge in [-0.05, 0) is 42.3 Å². The lowest BCUT2D eigenvalue weighted by Gasteiger charge is -2.10. The molecule has 5 heteroatoms. The van der Waals surface area contributed by atoms with Crippen molar-refractivity contribution in [2.24, 2.45) is 0 Å². The predicted octanol–water partition coefficient (Wildman–Crippen LogP) is 7.85. The number of phenolic OH excluding ortho intramolecular Hbond substituents is 1. The van der Waals surface area contributed by atoms with Crippen LogP contribution in [0.4, 0.5) is 5.69 Å². The van der Waals surface area contributed by atoms with Crippen LogP contribution in [0.15, 0.2) is 59.5 Å². The van der Waals surface area contributed by atoms with Crippen LogP contribution in [-0.4, -0.2) is 21.0 Å². The van der Waals surface area contributed by atoms with Gasteiger partial charge in [0.1, 0.15) is 5.75 Å². The quantitative estimate of drug-likeness (QED) is 0.178. The molecule has 2 rings (SSSR count). The van der Waals surface area contributed by atoms with E-state index in [-0.39, 0.29) is 11.7 Å². The van der Waals surface area contributed by atoms with E-state index < -0.39 is 10.8 Å². The molecule has 0 aliphatic rings. The van der Waals surface area contributed by atoms with E-state index in [2.05, 4.69) is 12.2 Å². The largest absolute Gasteiger partial charge is 0.508 e.